The second kappa shape index (κ2) is 9.49. The molecule has 0 aromatic carbocycles. The van der Waals surface area contributed by atoms with Gasteiger partial charge in [0.05, 0.1) is 5.92 Å². The molecule has 0 spiro atoms. The molecule has 2 aliphatic carbocycles. The monoisotopic (exact) mass is 242 g/mol. The van der Waals surface area contributed by atoms with Crippen LogP contribution in [-0.2, 0) is 4.79 Å². The van der Waals surface area contributed by atoms with E-state index in [-0.39, 0.29) is 5.92 Å². The fourth-order valence-electron chi connectivity index (χ4n) is 3.10. The lowest BCUT2D eigenvalue weighted by Crippen LogP contribution is -2.31. The van der Waals surface area contributed by atoms with Crippen LogP contribution in [0.4, 0.5) is 0 Å². The number of carboxylic acid groups (broad SMARTS) is 1. The van der Waals surface area contributed by atoms with Gasteiger partial charge in [-0.1, -0.05) is 53.4 Å². The first-order chi connectivity index (χ1) is 8.27. The average Bonchev–Trinajstić information content (AvgIpc) is 2.42. The molecule has 17 heavy (non-hydrogen) atoms. The number of fused-ring (bicyclic) bond motifs is 1. The van der Waals surface area contributed by atoms with Crippen molar-refractivity contribution in [3.63, 3.8) is 0 Å². The van der Waals surface area contributed by atoms with Crippen LogP contribution in [0, 0.1) is 17.8 Å². The summed E-state index contributed by atoms with van der Waals surface area (Å²) in [7, 11) is 0. The second-order valence-corrected chi connectivity index (χ2v) is 4.65. The molecule has 2 aliphatic rings. The van der Waals surface area contributed by atoms with E-state index < -0.39 is 5.97 Å². The van der Waals surface area contributed by atoms with Gasteiger partial charge in [-0.25, -0.2) is 0 Å². The van der Waals surface area contributed by atoms with E-state index in [0.29, 0.717) is 0 Å². The molecule has 0 radical (unpaired) electrons. The Hall–Kier alpha value is -0.530. The predicted octanol–water partition coefficient (Wildman–Crippen LogP) is 4.73. The van der Waals surface area contributed by atoms with Crippen LogP contribution in [0.5, 0.6) is 0 Å². The van der Waals surface area contributed by atoms with Gasteiger partial charge in [-0.15, -0.1) is 0 Å². The number of carbonyl (C=O) groups is 1. The van der Waals surface area contributed by atoms with Crippen molar-refractivity contribution in [1.82, 2.24) is 0 Å². The van der Waals surface area contributed by atoms with Crippen molar-refractivity contribution in [2.75, 3.05) is 0 Å². The largest absolute Gasteiger partial charge is 0.481 e. The maximum Gasteiger partial charge on any atom is 0.306 e. The summed E-state index contributed by atoms with van der Waals surface area (Å²) >= 11 is 0. The molecule has 0 saturated heterocycles. The highest BCUT2D eigenvalue weighted by molar-refractivity contribution is 5.70. The molecule has 2 nitrogen and oxygen atoms in total. The van der Waals surface area contributed by atoms with Crippen molar-refractivity contribution >= 4 is 5.97 Å². The van der Waals surface area contributed by atoms with Gasteiger partial charge in [0.2, 0.25) is 0 Å². The summed E-state index contributed by atoms with van der Waals surface area (Å²) in [5.41, 5.74) is 0. The third-order valence-corrected chi connectivity index (χ3v) is 3.89. The molecule has 1 N–H and O–H groups in total. The molecule has 0 aromatic rings. The van der Waals surface area contributed by atoms with Crippen LogP contribution >= 0.6 is 0 Å². The van der Waals surface area contributed by atoms with Gasteiger partial charge in [0.25, 0.3) is 0 Å². The quantitative estimate of drug-likeness (QED) is 0.721. The lowest BCUT2D eigenvalue weighted by molar-refractivity contribution is -0.144. The van der Waals surface area contributed by atoms with Crippen LogP contribution in [0.3, 0.4) is 0 Å². The zero-order chi connectivity index (χ0) is 13.3. The Labute approximate surface area is 107 Å². The molecular formula is C15H30O2. The van der Waals surface area contributed by atoms with E-state index in [9.17, 15) is 4.79 Å². The minimum atomic E-state index is -0.566. The molecule has 0 amide bonds. The van der Waals surface area contributed by atoms with Crippen molar-refractivity contribution in [3.05, 3.63) is 0 Å². The van der Waals surface area contributed by atoms with E-state index in [1.165, 1.54) is 32.1 Å². The Morgan fingerprint density at radius 3 is 1.94 bits per heavy atom. The van der Waals surface area contributed by atoms with Gasteiger partial charge in [0, 0.05) is 0 Å². The van der Waals surface area contributed by atoms with Crippen molar-refractivity contribution in [1.29, 1.82) is 0 Å². The van der Waals surface area contributed by atoms with E-state index in [0.717, 1.165) is 24.7 Å². The Morgan fingerprint density at radius 1 is 0.882 bits per heavy atom. The molecule has 0 aromatic heterocycles. The number of hydrogen-bond donors (Lipinski definition) is 1. The third kappa shape index (κ3) is 5.10. The Balaban J connectivity index is 0.000000581. The van der Waals surface area contributed by atoms with Crippen LogP contribution in [0.1, 0.15) is 72.6 Å². The Morgan fingerprint density at radius 2 is 1.41 bits per heavy atom. The van der Waals surface area contributed by atoms with Crippen molar-refractivity contribution < 1.29 is 9.90 Å². The minimum Gasteiger partial charge on any atom is -0.481 e. The second-order valence-electron chi connectivity index (χ2n) is 4.65. The molecule has 2 fully saturated rings. The number of hydrogen-bond acceptors (Lipinski definition) is 1. The highest BCUT2D eigenvalue weighted by atomic mass is 16.4. The Bertz CT molecular complexity index is 201. The maximum absolute atomic E-state index is 10.8. The SMILES string of the molecule is CC.CC.O=C(O)[C@@H]1CC[C@@H]2CCCC[C@@H]2C1. The number of rotatable bonds is 1. The third-order valence-electron chi connectivity index (χ3n) is 3.89. The molecule has 0 aliphatic heterocycles. The highest BCUT2D eigenvalue weighted by Gasteiger charge is 2.34. The lowest BCUT2D eigenvalue weighted by Gasteiger charge is -2.37. The molecule has 0 bridgehead atoms. The first-order valence-electron chi connectivity index (χ1n) is 7.50. The van der Waals surface area contributed by atoms with Crippen molar-refractivity contribution in [3.8, 4) is 0 Å². The van der Waals surface area contributed by atoms with Gasteiger partial charge in [0.1, 0.15) is 0 Å². The van der Waals surface area contributed by atoms with Gasteiger partial charge in [-0.05, 0) is 31.1 Å². The fraction of sp³-hybridized carbons (Fsp3) is 0.933. The molecule has 2 heteroatoms. The first-order valence-corrected chi connectivity index (χ1v) is 7.50. The zero-order valence-corrected chi connectivity index (χ0v) is 12.0. The van der Waals surface area contributed by atoms with Gasteiger partial charge in [-0.3, -0.25) is 4.79 Å². The summed E-state index contributed by atoms with van der Waals surface area (Å²) in [6.07, 6.45) is 8.40. The molecule has 3 atom stereocenters. The van der Waals surface area contributed by atoms with E-state index in [1.807, 2.05) is 27.7 Å². The van der Waals surface area contributed by atoms with E-state index in [4.69, 9.17) is 5.11 Å². The standard InChI is InChI=1S/C11H18O2.2C2H6/c12-11(13)10-6-5-8-3-1-2-4-9(8)7-10;2*1-2/h8-10H,1-7H2,(H,12,13);2*1-2H3/t8-,9+,10+;;/m0../s1. The van der Waals surface area contributed by atoms with Gasteiger partial charge >= 0.3 is 5.97 Å². The van der Waals surface area contributed by atoms with Gasteiger partial charge in [-0.2, -0.15) is 0 Å². The minimum absolute atomic E-state index is 0.0284. The molecule has 2 saturated carbocycles. The van der Waals surface area contributed by atoms with Crippen LogP contribution in [0.2, 0.25) is 0 Å². The number of carboxylic acids is 1. The normalized spacial score (nSPS) is 30.9. The van der Waals surface area contributed by atoms with Gasteiger partial charge < -0.3 is 5.11 Å². The fourth-order valence-corrected chi connectivity index (χ4v) is 3.10. The summed E-state index contributed by atoms with van der Waals surface area (Å²) in [5.74, 6) is 1.01. The average molecular weight is 242 g/mol. The van der Waals surface area contributed by atoms with Crippen molar-refractivity contribution in [2.24, 2.45) is 17.8 Å². The first kappa shape index (κ1) is 16.5. The smallest absolute Gasteiger partial charge is 0.306 e. The van der Waals surface area contributed by atoms with E-state index in [1.54, 1.807) is 0 Å². The molecule has 0 heterocycles. The summed E-state index contributed by atoms with van der Waals surface area (Å²) in [6, 6.07) is 0. The van der Waals surface area contributed by atoms with Gasteiger partial charge in [0.15, 0.2) is 0 Å². The van der Waals surface area contributed by atoms with Crippen LogP contribution < -0.4 is 0 Å². The zero-order valence-electron chi connectivity index (χ0n) is 12.0. The summed E-state index contributed by atoms with van der Waals surface area (Å²) in [5, 5.41) is 8.93. The highest BCUT2D eigenvalue weighted by Crippen LogP contribution is 2.42. The topological polar surface area (TPSA) is 37.3 Å². The molecule has 2 rings (SSSR count). The molecule has 102 valence electrons. The van der Waals surface area contributed by atoms with Crippen LogP contribution in [0.25, 0.3) is 0 Å². The molecular weight excluding hydrogens is 212 g/mol. The summed E-state index contributed by atoms with van der Waals surface area (Å²) in [4.78, 5) is 10.8. The predicted molar refractivity (Wildman–Crippen MR) is 73.1 cm³/mol. The maximum atomic E-state index is 10.8. The lowest BCUT2D eigenvalue weighted by atomic mass is 9.67. The van der Waals surface area contributed by atoms with E-state index in [2.05, 4.69) is 0 Å². The summed E-state index contributed by atoms with van der Waals surface area (Å²) < 4.78 is 0. The van der Waals surface area contributed by atoms with E-state index >= 15 is 0 Å². The summed E-state index contributed by atoms with van der Waals surface area (Å²) in [6.45, 7) is 8.00. The number of aliphatic carboxylic acids is 1. The Kier molecular flexibility index (Phi) is 9.20. The van der Waals surface area contributed by atoms with Crippen LogP contribution in [-0.4, -0.2) is 11.1 Å². The molecule has 0 unspecified atom stereocenters. The van der Waals surface area contributed by atoms with Crippen LogP contribution in [0.15, 0.2) is 0 Å². The van der Waals surface area contributed by atoms with Crippen molar-refractivity contribution in [2.45, 2.75) is 72.6 Å².